The molecule has 0 fully saturated rings. The van der Waals surface area contributed by atoms with Gasteiger partial charge in [0.25, 0.3) is 0 Å². The molecule has 3 heteroatoms. The molecule has 0 aliphatic heterocycles. The lowest BCUT2D eigenvalue weighted by molar-refractivity contribution is 0.533. The largest absolute Gasteiger partial charge is 0.369 e. The van der Waals surface area contributed by atoms with Crippen molar-refractivity contribution in [3.8, 4) is 0 Å². The molecular weight excluding hydrogens is 239 g/mol. The summed E-state index contributed by atoms with van der Waals surface area (Å²) < 4.78 is 13.7. The van der Waals surface area contributed by atoms with Gasteiger partial charge in [0.2, 0.25) is 0 Å². The van der Waals surface area contributed by atoms with E-state index in [9.17, 15) is 4.39 Å². The van der Waals surface area contributed by atoms with E-state index < -0.39 is 0 Å². The molecular formula is C16H27FN2. The molecule has 0 aliphatic carbocycles. The number of para-hydroxylation sites is 1. The Morgan fingerprint density at radius 2 is 1.95 bits per heavy atom. The topological polar surface area (TPSA) is 15.3 Å². The van der Waals surface area contributed by atoms with Crippen LogP contribution in [0.1, 0.15) is 33.6 Å². The maximum absolute atomic E-state index is 13.7. The summed E-state index contributed by atoms with van der Waals surface area (Å²) in [6.07, 6.45) is 2.23. The molecule has 0 unspecified atom stereocenters. The van der Waals surface area contributed by atoms with Crippen molar-refractivity contribution in [1.82, 2.24) is 5.32 Å². The molecule has 0 radical (unpaired) electrons. The monoisotopic (exact) mass is 266 g/mol. The van der Waals surface area contributed by atoms with Crippen LogP contribution in [0.5, 0.6) is 0 Å². The van der Waals surface area contributed by atoms with E-state index >= 15 is 0 Å². The predicted molar refractivity (Wildman–Crippen MR) is 81.2 cm³/mol. The standard InChI is InChI=1S/C16H27FN2/c1-4-19(16-10-6-5-9-15(16)17)12-8-7-11-18-13-14(2)3/h5-6,9-10,14,18H,4,7-8,11-13H2,1-3H3. The maximum Gasteiger partial charge on any atom is 0.146 e. The van der Waals surface area contributed by atoms with Gasteiger partial charge in [-0.1, -0.05) is 26.0 Å². The summed E-state index contributed by atoms with van der Waals surface area (Å²) in [6, 6.07) is 7.02. The lowest BCUT2D eigenvalue weighted by Crippen LogP contribution is -2.26. The molecule has 0 atom stereocenters. The van der Waals surface area contributed by atoms with Crippen LogP contribution < -0.4 is 10.2 Å². The van der Waals surface area contributed by atoms with Crippen molar-refractivity contribution in [2.45, 2.75) is 33.6 Å². The van der Waals surface area contributed by atoms with Crippen LogP contribution in [-0.2, 0) is 0 Å². The van der Waals surface area contributed by atoms with Gasteiger partial charge in [-0.2, -0.15) is 0 Å². The molecule has 1 N–H and O–H groups in total. The van der Waals surface area contributed by atoms with E-state index in [4.69, 9.17) is 0 Å². The van der Waals surface area contributed by atoms with E-state index in [0.29, 0.717) is 5.92 Å². The van der Waals surface area contributed by atoms with Gasteiger partial charge in [0, 0.05) is 13.1 Å². The smallest absolute Gasteiger partial charge is 0.146 e. The molecule has 0 amide bonds. The van der Waals surface area contributed by atoms with Gasteiger partial charge in [0.05, 0.1) is 5.69 Å². The second kappa shape index (κ2) is 8.92. The number of halogens is 1. The van der Waals surface area contributed by atoms with E-state index in [0.717, 1.165) is 44.7 Å². The Morgan fingerprint density at radius 1 is 1.21 bits per heavy atom. The van der Waals surface area contributed by atoms with Crippen molar-refractivity contribution in [2.75, 3.05) is 31.1 Å². The summed E-state index contributed by atoms with van der Waals surface area (Å²) in [5.74, 6) is 0.577. The number of nitrogens with zero attached hydrogens (tertiary/aromatic N) is 1. The molecule has 0 bridgehead atoms. The summed E-state index contributed by atoms with van der Waals surface area (Å²) in [4.78, 5) is 2.11. The van der Waals surface area contributed by atoms with E-state index in [1.807, 2.05) is 12.1 Å². The average molecular weight is 266 g/mol. The molecule has 0 spiro atoms. The minimum absolute atomic E-state index is 0.123. The van der Waals surface area contributed by atoms with Crippen molar-refractivity contribution in [1.29, 1.82) is 0 Å². The summed E-state index contributed by atoms with van der Waals surface area (Å²) in [6.45, 7) is 10.4. The van der Waals surface area contributed by atoms with E-state index in [1.165, 1.54) is 6.07 Å². The average Bonchev–Trinajstić information content (AvgIpc) is 2.39. The van der Waals surface area contributed by atoms with Gasteiger partial charge in [0.15, 0.2) is 0 Å². The lowest BCUT2D eigenvalue weighted by atomic mass is 10.2. The Morgan fingerprint density at radius 3 is 2.58 bits per heavy atom. The summed E-state index contributed by atoms with van der Waals surface area (Å²) in [5.41, 5.74) is 0.722. The van der Waals surface area contributed by atoms with Crippen molar-refractivity contribution in [2.24, 2.45) is 5.92 Å². The van der Waals surface area contributed by atoms with Crippen LogP contribution in [0.2, 0.25) is 0 Å². The molecule has 2 nitrogen and oxygen atoms in total. The molecule has 0 aromatic heterocycles. The first kappa shape index (κ1) is 16.0. The fraction of sp³-hybridized carbons (Fsp3) is 0.625. The number of unbranched alkanes of at least 4 members (excludes halogenated alkanes) is 1. The first-order valence-electron chi connectivity index (χ1n) is 7.35. The van der Waals surface area contributed by atoms with E-state index in [-0.39, 0.29) is 5.82 Å². The number of benzene rings is 1. The SMILES string of the molecule is CCN(CCCCNCC(C)C)c1ccccc1F. The summed E-state index contributed by atoms with van der Waals surface area (Å²) in [5, 5.41) is 3.44. The molecule has 1 aromatic carbocycles. The predicted octanol–water partition coefficient (Wildman–Crippen LogP) is 3.68. The normalized spacial score (nSPS) is 11.0. The lowest BCUT2D eigenvalue weighted by Gasteiger charge is -2.23. The molecule has 1 aromatic rings. The van der Waals surface area contributed by atoms with Gasteiger partial charge in [-0.15, -0.1) is 0 Å². The maximum atomic E-state index is 13.7. The quantitative estimate of drug-likeness (QED) is 0.686. The first-order chi connectivity index (χ1) is 9.15. The third-order valence-electron chi connectivity index (χ3n) is 3.16. The van der Waals surface area contributed by atoms with E-state index in [1.54, 1.807) is 6.07 Å². The van der Waals surface area contributed by atoms with Crippen LogP contribution in [0.25, 0.3) is 0 Å². The van der Waals surface area contributed by atoms with Crippen LogP contribution in [0.15, 0.2) is 24.3 Å². The summed E-state index contributed by atoms with van der Waals surface area (Å²) in [7, 11) is 0. The van der Waals surface area contributed by atoms with Crippen LogP contribution in [0, 0.1) is 11.7 Å². The Balaban J connectivity index is 2.28. The fourth-order valence-corrected chi connectivity index (χ4v) is 2.10. The van der Waals surface area contributed by atoms with Gasteiger partial charge in [0.1, 0.15) is 5.82 Å². The van der Waals surface area contributed by atoms with Gasteiger partial charge in [-0.3, -0.25) is 0 Å². The molecule has 0 aliphatic rings. The molecule has 0 saturated heterocycles. The number of anilines is 1. The van der Waals surface area contributed by atoms with Crippen molar-refractivity contribution < 1.29 is 4.39 Å². The molecule has 0 saturated carbocycles. The Hall–Kier alpha value is -1.09. The number of hydrogen-bond donors (Lipinski definition) is 1. The van der Waals surface area contributed by atoms with Gasteiger partial charge in [-0.25, -0.2) is 4.39 Å². The number of nitrogens with one attached hydrogen (secondary N) is 1. The van der Waals surface area contributed by atoms with Crippen molar-refractivity contribution >= 4 is 5.69 Å². The zero-order chi connectivity index (χ0) is 14.1. The first-order valence-corrected chi connectivity index (χ1v) is 7.35. The molecule has 0 heterocycles. The number of rotatable bonds is 9. The van der Waals surface area contributed by atoms with Gasteiger partial charge >= 0.3 is 0 Å². The minimum Gasteiger partial charge on any atom is -0.369 e. The fourth-order valence-electron chi connectivity index (χ4n) is 2.10. The van der Waals surface area contributed by atoms with Crippen LogP contribution in [0.4, 0.5) is 10.1 Å². The minimum atomic E-state index is -0.123. The third-order valence-corrected chi connectivity index (χ3v) is 3.16. The second-order valence-electron chi connectivity index (χ2n) is 5.34. The zero-order valence-corrected chi connectivity index (χ0v) is 12.5. The number of hydrogen-bond acceptors (Lipinski definition) is 2. The molecule has 19 heavy (non-hydrogen) atoms. The summed E-state index contributed by atoms with van der Waals surface area (Å²) >= 11 is 0. The molecule has 1 rings (SSSR count). The Bertz CT molecular complexity index is 352. The van der Waals surface area contributed by atoms with Gasteiger partial charge < -0.3 is 10.2 Å². The third kappa shape index (κ3) is 6.06. The van der Waals surface area contributed by atoms with Crippen molar-refractivity contribution in [3.63, 3.8) is 0 Å². The van der Waals surface area contributed by atoms with Crippen LogP contribution in [-0.4, -0.2) is 26.2 Å². The second-order valence-corrected chi connectivity index (χ2v) is 5.34. The highest BCUT2D eigenvalue weighted by molar-refractivity contribution is 5.47. The highest BCUT2D eigenvalue weighted by atomic mass is 19.1. The van der Waals surface area contributed by atoms with Crippen LogP contribution in [0.3, 0.4) is 0 Å². The molecule has 108 valence electrons. The Labute approximate surface area is 117 Å². The van der Waals surface area contributed by atoms with Crippen molar-refractivity contribution in [3.05, 3.63) is 30.1 Å². The zero-order valence-electron chi connectivity index (χ0n) is 12.5. The Kier molecular flexibility index (Phi) is 7.49. The van der Waals surface area contributed by atoms with Crippen LogP contribution >= 0.6 is 0 Å². The van der Waals surface area contributed by atoms with Gasteiger partial charge in [-0.05, 0) is 50.9 Å². The highest BCUT2D eigenvalue weighted by Gasteiger charge is 2.08. The highest BCUT2D eigenvalue weighted by Crippen LogP contribution is 2.18. The van der Waals surface area contributed by atoms with E-state index in [2.05, 4.69) is 31.0 Å².